The Balaban J connectivity index is 1.79. The molecule has 26 heavy (non-hydrogen) atoms. The zero-order valence-corrected chi connectivity index (χ0v) is 15.9. The topological polar surface area (TPSA) is 42.4 Å². The molecule has 0 aliphatic heterocycles. The molecule has 0 spiro atoms. The summed E-state index contributed by atoms with van der Waals surface area (Å²) in [7, 11) is 0. The molecule has 3 rings (SSSR count). The fraction of sp³-hybridized carbons (Fsp3) is 0.111. The Hall–Kier alpha value is -2.15. The number of halogens is 3. The van der Waals surface area contributed by atoms with Crippen LogP contribution in [0, 0.1) is 5.82 Å². The molecule has 0 saturated heterocycles. The predicted octanol–water partition coefficient (Wildman–Crippen LogP) is 5.85. The monoisotopic (exact) mass is 410 g/mol. The zero-order valence-electron chi connectivity index (χ0n) is 13.6. The molecule has 1 aromatic heterocycles. The number of hydrogen-bond acceptors (Lipinski definition) is 4. The maximum absolute atomic E-state index is 14.1. The molecule has 0 aliphatic rings. The normalized spacial score (nSPS) is 10.6. The summed E-state index contributed by atoms with van der Waals surface area (Å²) in [5.74, 6) is -0.357. The minimum Gasteiger partial charge on any atom is -0.486 e. The number of para-hydroxylation sites is 1. The number of hydrogen-bond donors (Lipinski definition) is 0. The second kappa shape index (κ2) is 8.03. The standard InChI is InChI=1S/C18H13Cl2FN2O2S/c1-11(24)23(16-5-3-2-4-15(16)21)18-22-13(10-26-18)9-25-17-7-6-12(19)8-14(17)20/h2-8,10H,9H2,1H3. The molecule has 1 amide bonds. The molecule has 2 aromatic carbocycles. The van der Waals surface area contributed by atoms with Crippen molar-refractivity contribution in [2.24, 2.45) is 0 Å². The van der Waals surface area contributed by atoms with Crippen LogP contribution in [0.1, 0.15) is 12.6 Å². The maximum Gasteiger partial charge on any atom is 0.230 e. The van der Waals surface area contributed by atoms with Gasteiger partial charge >= 0.3 is 0 Å². The quantitative estimate of drug-likeness (QED) is 0.529. The Morgan fingerprint density at radius 3 is 2.73 bits per heavy atom. The van der Waals surface area contributed by atoms with Crippen LogP contribution in [-0.2, 0) is 11.4 Å². The van der Waals surface area contributed by atoms with Crippen molar-refractivity contribution in [1.29, 1.82) is 0 Å². The van der Waals surface area contributed by atoms with Crippen molar-refractivity contribution in [3.63, 3.8) is 0 Å². The number of rotatable bonds is 5. The molecule has 8 heteroatoms. The summed E-state index contributed by atoms with van der Waals surface area (Å²) in [4.78, 5) is 17.6. The molecule has 0 unspecified atom stereocenters. The zero-order chi connectivity index (χ0) is 18.7. The Morgan fingerprint density at radius 2 is 2.04 bits per heavy atom. The molecule has 0 aliphatic carbocycles. The summed E-state index contributed by atoms with van der Waals surface area (Å²) < 4.78 is 19.7. The summed E-state index contributed by atoms with van der Waals surface area (Å²) in [6, 6.07) is 11.0. The van der Waals surface area contributed by atoms with Crippen LogP contribution < -0.4 is 9.64 Å². The first kappa shape index (κ1) is 18.6. The van der Waals surface area contributed by atoms with Gasteiger partial charge in [0.1, 0.15) is 18.2 Å². The number of benzene rings is 2. The Morgan fingerprint density at radius 1 is 1.27 bits per heavy atom. The molecular weight excluding hydrogens is 398 g/mol. The van der Waals surface area contributed by atoms with Crippen LogP contribution in [0.4, 0.5) is 15.2 Å². The van der Waals surface area contributed by atoms with Crippen molar-refractivity contribution < 1.29 is 13.9 Å². The van der Waals surface area contributed by atoms with E-state index in [-0.39, 0.29) is 18.2 Å². The van der Waals surface area contributed by atoms with Crippen LogP contribution in [0.25, 0.3) is 0 Å². The van der Waals surface area contributed by atoms with Gasteiger partial charge in [-0.3, -0.25) is 9.69 Å². The van der Waals surface area contributed by atoms with E-state index in [1.807, 2.05) is 0 Å². The number of anilines is 2. The minimum absolute atomic E-state index is 0.154. The largest absolute Gasteiger partial charge is 0.486 e. The number of amides is 1. The van der Waals surface area contributed by atoms with Gasteiger partial charge in [-0.1, -0.05) is 35.3 Å². The van der Waals surface area contributed by atoms with E-state index in [1.54, 1.807) is 35.7 Å². The van der Waals surface area contributed by atoms with Gasteiger partial charge in [-0.15, -0.1) is 11.3 Å². The van der Waals surface area contributed by atoms with Gasteiger partial charge in [0.05, 0.1) is 16.4 Å². The molecule has 0 atom stereocenters. The van der Waals surface area contributed by atoms with Crippen LogP contribution >= 0.6 is 34.5 Å². The van der Waals surface area contributed by atoms with Crippen LogP contribution in [0.5, 0.6) is 5.75 Å². The highest BCUT2D eigenvalue weighted by molar-refractivity contribution is 7.14. The molecule has 1 heterocycles. The predicted molar refractivity (Wildman–Crippen MR) is 102 cm³/mol. The highest BCUT2D eigenvalue weighted by atomic mass is 35.5. The molecule has 0 N–H and O–H groups in total. The van der Waals surface area contributed by atoms with E-state index in [0.717, 1.165) is 0 Å². The summed E-state index contributed by atoms with van der Waals surface area (Å²) in [6.07, 6.45) is 0. The second-order valence-electron chi connectivity index (χ2n) is 5.29. The molecule has 0 fully saturated rings. The molecule has 0 radical (unpaired) electrons. The second-order valence-corrected chi connectivity index (χ2v) is 6.97. The lowest BCUT2D eigenvalue weighted by molar-refractivity contribution is -0.115. The van der Waals surface area contributed by atoms with Gasteiger partial charge in [0, 0.05) is 17.3 Å². The summed E-state index contributed by atoms with van der Waals surface area (Å²) in [5.41, 5.74) is 0.751. The van der Waals surface area contributed by atoms with Crippen molar-refractivity contribution in [3.8, 4) is 5.75 Å². The SMILES string of the molecule is CC(=O)N(c1nc(COc2ccc(Cl)cc2Cl)cs1)c1ccccc1F. The van der Waals surface area contributed by atoms with Crippen LogP contribution in [0.2, 0.25) is 10.0 Å². The number of nitrogens with zero attached hydrogens (tertiary/aromatic N) is 2. The van der Waals surface area contributed by atoms with Gasteiger partial charge < -0.3 is 4.74 Å². The molecule has 0 saturated carbocycles. The smallest absolute Gasteiger partial charge is 0.230 e. The van der Waals surface area contributed by atoms with Gasteiger partial charge in [0.25, 0.3) is 0 Å². The van der Waals surface area contributed by atoms with E-state index in [9.17, 15) is 9.18 Å². The Kier molecular flexibility index (Phi) is 5.76. The van der Waals surface area contributed by atoms with Crippen molar-refractivity contribution in [1.82, 2.24) is 4.98 Å². The average molecular weight is 411 g/mol. The number of thiazole rings is 1. The Bertz CT molecular complexity index is 948. The highest BCUT2D eigenvalue weighted by Gasteiger charge is 2.21. The van der Waals surface area contributed by atoms with E-state index >= 15 is 0 Å². The first-order valence-electron chi connectivity index (χ1n) is 7.53. The molecule has 134 valence electrons. The van der Waals surface area contributed by atoms with Gasteiger partial charge in [0.15, 0.2) is 5.13 Å². The number of carbonyl (C=O) groups is 1. The lowest BCUT2D eigenvalue weighted by Crippen LogP contribution is -2.23. The van der Waals surface area contributed by atoms with E-state index < -0.39 is 5.82 Å². The van der Waals surface area contributed by atoms with Crippen LogP contribution in [0.15, 0.2) is 47.8 Å². The van der Waals surface area contributed by atoms with E-state index in [2.05, 4.69) is 4.98 Å². The van der Waals surface area contributed by atoms with Crippen molar-refractivity contribution in [2.45, 2.75) is 13.5 Å². The summed E-state index contributed by atoms with van der Waals surface area (Å²) in [6.45, 7) is 1.51. The van der Waals surface area contributed by atoms with E-state index in [1.165, 1.54) is 35.3 Å². The number of ether oxygens (including phenoxy) is 1. The van der Waals surface area contributed by atoms with Crippen molar-refractivity contribution >= 4 is 51.3 Å². The third-order valence-corrected chi connectivity index (χ3v) is 4.81. The molecular formula is C18H13Cl2FN2O2S. The first-order chi connectivity index (χ1) is 12.5. The Labute approximate surface area is 163 Å². The highest BCUT2D eigenvalue weighted by Crippen LogP contribution is 2.32. The van der Waals surface area contributed by atoms with Crippen molar-refractivity contribution in [3.05, 3.63) is 69.4 Å². The van der Waals surface area contributed by atoms with Gasteiger partial charge in [0.2, 0.25) is 5.91 Å². The average Bonchev–Trinajstić information content (AvgIpc) is 3.04. The third-order valence-electron chi connectivity index (χ3n) is 3.41. The lowest BCUT2D eigenvalue weighted by Gasteiger charge is -2.18. The first-order valence-corrected chi connectivity index (χ1v) is 9.16. The third kappa shape index (κ3) is 4.15. The summed E-state index contributed by atoms with van der Waals surface area (Å²) >= 11 is 13.1. The van der Waals surface area contributed by atoms with Gasteiger partial charge in [-0.25, -0.2) is 9.37 Å². The van der Waals surface area contributed by atoms with Gasteiger partial charge in [-0.05, 0) is 30.3 Å². The van der Waals surface area contributed by atoms with E-state index in [4.69, 9.17) is 27.9 Å². The van der Waals surface area contributed by atoms with Gasteiger partial charge in [-0.2, -0.15) is 0 Å². The van der Waals surface area contributed by atoms with Crippen LogP contribution in [0.3, 0.4) is 0 Å². The van der Waals surface area contributed by atoms with E-state index in [0.29, 0.717) is 26.6 Å². The minimum atomic E-state index is -0.497. The fourth-order valence-electron chi connectivity index (χ4n) is 2.25. The number of aromatic nitrogens is 1. The number of carbonyl (C=O) groups excluding carboxylic acids is 1. The fourth-order valence-corrected chi connectivity index (χ4v) is 3.58. The van der Waals surface area contributed by atoms with Crippen LogP contribution in [-0.4, -0.2) is 10.9 Å². The molecule has 3 aromatic rings. The lowest BCUT2D eigenvalue weighted by atomic mass is 10.3. The summed E-state index contributed by atoms with van der Waals surface area (Å²) in [5, 5.41) is 3.02. The molecule has 0 bridgehead atoms. The molecule has 4 nitrogen and oxygen atoms in total. The van der Waals surface area contributed by atoms with Crippen molar-refractivity contribution in [2.75, 3.05) is 4.90 Å². The maximum atomic E-state index is 14.1.